The highest BCUT2D eigenvalue weighted by molar-refractivity contribution is 6.05. The summed E-state index contributed by atoms with van der Waals surface area (Å²) >= 11 is 0. The van der Waals surface area contributed by atoms with Crippen molar-refractivity contribution >= 4 is 17.7 Å². The molecule has 0 radical (unpaired) electrons. The summed E-state index contributed by atoms with van der Waals surface area (Å²) in [6.07, 6.45) is -1.86. The van der Waals surface area contributed by atoms with Gasteiger partial charge in [-0.05, 0) is 48.6 Å². The normalized spacial score (nSPS) is 24.2. The number of carbonyl (C=O) groups excluding carboxylic acids is 3. The van der Waals surface area contributed by atoms with Gasteiger partial charge in [-0.25, -0.2) is 0 Å². The Bertz CT molecular complexity index is 1250. The first-order chi connectivity index (χ1) is 17.4. The fourth-order valence-corrected chi connectivity index (χ4v) is 5.74. The van der Waals surface area contributed by atoms with Crippen molar-refractivity contribution in [3.05, 3.63) is 58.7 Å². The van der Waals surface area contributed by atoms with Gasteiger partial charge in [0.05, 0.1) is 17.8 Å². The Kier molecular flexibility index (Phi) is 6.29. The summed E-state index contributed by atoms with van der Waals surface area (Å²) in [5, 5.41) is 2.31. The second-order valence-electron chi connectivity index (χ2n) is 10.7. The third kappa shape index (κ3) is 4.96. The Morgan fingerprint density at radius 2 is 1.89 bits per heavy atom. The highest BCUT2D eigenvalue weighted by Gasteiger charge is 2.42. The molecule has 0 saturated carbocycles. The fraction of sp³-hybridized carbons (Fsp3) is 0.500. The minimum atomic E-state index is -4.45. The zero-order chi connectivity index (χ0) is 26.5. The largest absolute Gasteiger partial charge is 0.433 e. The van der Waals surface area contributed by atoms with Crippen molar-refractivity contribution in [3.8, 4) is 0 Å². The van der Waals surface area contributed by atoms with Gasteiger partial charge in [0.25, 0.3) is 5.91 Å². The minimum absolute atomic E-state index is 0.125. The number of amides is 3. The molecule has 0 bridgehead atoms. The molecule has 5 rings (SSSR count). The van der Waals surface area contributed by atoms with Crippen molar-refractivity contribution in [2.75, 3.05) is 13.1 Å². The first-order valence-corrected chi connectivity index (χ1v) is 12.3. The molecular weight excluding hydrogens is 487 g/mol. The lowest BCUT2D eigenvalue weighted by molar-refractivity contribution is -0.141. The van der Waals surface area contributed by atoms with Gasteiger partial charge in [0.1, 0.15) is 11.7 Å². The van der Waals surface area contributed by atoms with Crippen LogP contribution in [0.25, 0.3) is 0 Å². The molecule has 0 spiro atoms. The van der Waals surface area contributed by atoms with E-state index < -0.39 is 23.8 Å². The first-order valence-electron chi connectivity index (χ1n) is 12.3. The second-order valence-corrected chi connectivity index (χ2v) is 10.7. The standard InChI is InChI=1S/C26H28F3N5O3/c1-25(2)14-33(12-15-3-7-21(30-11-15)26(27,28)29)10-9-17(25)18-5-4-16-19(31-18)13-34(24(16)37)20-6-8-22(35)32-23(20)36/h3-5,7,11,17,20H,6,8-10,12-14H2,1-2H3,(H,32,35,36). The number of hydrogen-bond acceptors (Lipinski definition) is 6. The third-order valence-corrected chi connectivity index (χ3v) is 7.58. The molecule has 0 aliphatic carbocycles. The number of imide groups is 1. The molecule has 37 heavy (non-hydrogen) atoms. The second kappa shape index (κ2) is 9.20. The Balaban J connectivity index is 1.27. The Hall–Kier alpha value is -3.34. The van der Waals surface area contributed by atoms with Gasteiger partial charge in [0.15, 0.2) is 0 Å². The van der Waals surface area contributed by atoms with Crippen LogP contribution in [-0.2, 0) is 28.9 Å². The molecule has 8 nitrogen and oxygen atoms in total. The summed E-state index contributed by atoms with van der Waals surface area (Å²) in [6.45, 7) is 6.49. The van der Waals surface area contributed by atoms with Crippen LogP contribution in [0.4, 0.5) is 13.2 Å². The Morgan fingerprint density at radius 3 is 2.54 bits per heavy atom. The van der Waals surface area contributed by atoms with Crippen LogP contribution in [0, 0.1) is 5.41 Å². The maximum atomic E-state index is 13.0. The molecule has 2 unspecified atom stereocenters. The number of hydrogen-bond donors (Lipinski definition) is 1. The van der Waals surface area contributed by atoms with Gasteiger partial charge in [-0.3, -0.25) is 34.6 Å². The lowest BCUT2D eigenvalue weighted by Gasteiger charge is -2.44. The van der Waals surface area contributed by atoms with E-state index in [0.29, 0.717) is 24.2 Å². The molecule has 3 aliphatic rings. The number of aromatic nitrogens is 2. The number of pyridine rings is 2. The molecule has 2 fully saturated rings. The summed E-state index contributed by atoms with van der Waals surface area (Å²) < 4.78 is 38.4. The number of nitrogens with zero attached hydrogens (tertiary/aromatic N) is 4. The van der Waals surface area contributed by atoms with Gasteiger partial charge in [-0.2, -0.15) is 13.2 Å². The highest BCUT2D eigenvalue weighted by Crippen LogP contribution is 2.42. The molecule has 2 aromatic rings. The Morgan fingerprint density at radius 1 is 1.11 bits per heavy atom. The van der Waals surface area contributed by atoms with E-state index in [4.69, 9.17) is 4.98 Å². The summed E-state index contributed by atoms with van der Waals surface area (Å²) in [5.41, 5.74) is 1.67. The quantitative estimate of drug-likeness (QED) is 0.628. The first kappa shape index (κ1) is 25.3. The maximum Gasteiger partial charge on any atom is 0.433 e. The van der Waals surface area contributed by atoms with Gasteiger partial charge >= 0.3 is 6.18 Å². The smallest absolute Gasteiger partial charge is 0.321 e. The zero-order valence-corrected chi connectivity index (χ0v) is 20.6. The number of rotatable bonds is 4. The predicted octanol–water partition coefficient (Wildman–Crippen LogP) is 3.27. The molecule has 2 saturated heterocycles. The molecule has 11 heteroatoms. The highest BCUT2D eigenvalue weighted by atomic mass is 19.4. The van der Waals surface area contributed by atoms with E-state index in [1.807, 2.05) is 6.07 Å². The molecule has 2 aromatic heterocycles. The van der Waals surface area contributed by atoms with Crippen LogP contribution in [0.5, 0.6) is 0 Å². The van der Waals surface area contributed by atoms with Crippen LogP contribution in [0.2, 0.25) is 0 Å². The van der Waals surface area contributed by atoms with Crippen LogP contribution >= 0.6 is 0 Å². The number of likely N-dealkylation sites (tertiary alicyclic amines) is 1. The summed E-state index contributed by atoms with van der Waals surface area (Å²) in [7, 11) is 0. The number of alkyl halides is 3. The lowest BCUT2D eigenvalue weighted by atomic mass is 9.72. The average molecular weight is 516 g/mol. The van der Waals surface area contributed by atoms with Crippen LogP contribution in [-0.4, -0.2) is 56.6 Å². The van der Waals surface area contributed by atoms with E-state index in [9.17, 15) is 27.6 Å². The number of fused-ring (bicyclic) bond motifs is 1. The van der Waals surface area contributed by atoms with Gasteiger partial charge in [-0.1, -0.05) is 19.9 Å². The van der Waals surface area contributed by atoms with E-state index >= 15 is 0 Å². The van der Waals surface area contributed by atoms with Gasteiger partial charge in [0.2, 0.25) is 11.8 Å². The van der Waals surface area contributed by atoms with Crippen LogP contribution < -0.4 is 5.32 Å². The van der Waals surface area contributed by atoms with E-state index in [2.05, 4.69) is 29.0 Å². The molecule has 1 N–H and O–H groups in total. The number of carbonyl (C=O) groups is 3. The van der Waals surface area contributed by atoms with Gasteiger partial charge in [0, 0.05) is 37.3 Å². The molecule has 0 aromatic carbocycles. The summed E-state index contributed by atoms with van der Waals surface area (Å²) in [5.74, 6) is -0.898. The van der Waals surface area contributed by atoms with Crippen LogP contribution in [0.1, 0.15) is 72.0 Å². The monoisotopic (exact) mass is 515 g/mol. The van der Waals surface area contributed by atoms with Crippen molar-refractivity contribution < 1.29 is 27.6 Å². The molecule has 2 atom stereocenters. The molecule has 3 amide bonds. The van der Waals surface area contributed by atoms with Crippen molar-refractivity contribution in [1.29, 1.82) is 0 Å². The third-order valence-electron chi connectivity index (χ3n) is 7.58. The topological polar surface area (TPSA) is 95.5 Å². The number of halogens is 3. The molecular formula is C26H28F3N5O3. The van der Waals surface area contributed by atoms with Crippen molar-refractivity contribution in [1.82, 2.24) is 25.1 Å². The molecule has 196 valence electrons. The fourth-order valence-electron chi connectivity index (χ4n) is 5.74. The molecule has 3 aliphatic heterocycles. The van der Waals surface area contributed by atoms with E-state index in [1.165, 1.54) is 17.2 Å². The minimum Gasteiger partial charge on any atom is -0.321 e. The summed E-state index contributed by atoms with van der Waals surface area (Å²) in [6, 6.07) is 5.47. The van der Waals surface area contributed by atoms with Crippen LogP contribution in [0.3, 0.4) is 0 Å². The lowest BCUT2D eigenvalue weighted by Crippen LogP contribution is -2.52. The van der Waals surface area contributed by atoms with E-state index in [0.717, 1.165) is 36.8 Å². The maximum absolute atomic E-state index is 13.0. The van der Waals surface area contributed by atoms with Gasteiger partial charge in [-0.15, -0.1) is 0 Å². The number of piperidine rings is 2. The number of nitrogens with one attached hydrogen (secondary N) is 1. The molecule has 5 heterocycles. The predicted molar refractivity (Wildman–Crippen MR) is 126 cm³/mol. The summed E-state index contributed by atoms with van der Waals surface area (Å²) in [4.78, 5) is 48.9. The van der Waals surface area contributed by atoms with Crippen molar-refractivity contribution in [2.24, 2.45) is 5.41 Å². The van der Waals surface area contributed by atoms with Gasteiger partial charge < -0.3 is 4.90 Å². The van der Waals surface area contributed by atoms with Crippen molar-refractivity contribution in [3.63, 3.8) is 0 Å². The van der Waals surface area contributed by atoms with E-state index in [1.54, 1.807) is 6.07 Å². The van der Waals surface area contributed by atoms with Crippen molar-refractivity contribution in [2.45, 2.75) is 64.3 Å². The average Bonchev–Trinajstić information content (AvgIpc) is 3.14. The van der Waals surface area contributed by atoms with E-state index in [-0.39, 0.29) is 36.1 Å². The Labute approximate surface area is 212 Å². The SMILES string of the molecule is CC1(C)CN(Cc2ccc(C(F)(F)F)nc2)CCC1c1ccc2c(n1)CN(C1CCC(=O)NC1=O)C2=O. The van der Waals surface area contributed by atoms with Crippen LogP contribution in [0.15, 0.2) is 30.5 Å². The zero-order valence-electron chi connectivity index (χ0n) is 20.6.